The van der Waals surface area contributed by atoms with Crippen molar-refractivity contribution in [3.63, 3.8) is 0 Å². The van der Waals surface area contributed by atoms with Gasteiger partial charge in [0.2, 0.25) is 5.75 Å². The number of anilines is 1. The minimum Gasteiger partial charge on any atom is -0.494 e. The Kier molecular flexibility index (Phi) is 6.33. The molecule has 7 nitrogen and oxygen atoms in total. The maximum absolute atomic E-state index is 12.9. The Morgan fingerprint density at radius 2 is 1.59 bits per heavy atom. The summed E-state index contributed by atoms with van der Waals surface area (Å²) in [5.74, 6) is 1.66. The van der Waals surface area contributed by atoms with Gasteiger partial charge in [-0.15, -0.1) is 0 Å². The summed E-state index contributed by atoms with van der Waals surface area (Å²) in [6.07, 6.45) is 1.63. The summed E-state index contributed by atoms with van der Waals surface area (Å²) in [7, 11) is 4.55. The maximum atomic E-state index is 12.9. The van der Waals surface area contributed by atoms with Gasteiger partial charge in [0.1, 0.15) is 5.75 Å². The summed E-state index contributed by atoms with van der Waals surface area (Å²) in [6, 6.07) is 10.3. The number of carbonyl (C=O) groups is 2. The molecule has 1 fully saturated rings. The molecular weight excluding hydrogens is 394 g/mol. The van der Waals surface area contributed by atoms with E-state index in [0.29, 0.717) is 45.8 Å². The van der Waals surface area contributed by atoms with Crippen LogP contribution in [0.1, 0.15) is 12.5 Å². The molecule has 0 N–H and O–H groups in total. The van der Waals surface area contributed by atoms with Gasteiger partial charge in [-0.1, -0.05) is 0 Å². The molecule has 2 amide bonds. The van der Waals surface area contributed by atoms with Gasteiger partial charge in [-0.2, -0.15) is 0 Å². The molecule has 0 aliphatic carbocycles. The molecule has 0 unspecified atom stereocenters. The monoisotopic (exact) mass is 415 g/mol. The number of imide groups is 1. The van der Waals surface area contributed by atoms with Crippen molar-refractivity contribution in [2.75, 3.05) is 32.8 Å². The molecule has 29 heavy (non-hydrogen) atoms. The van der Waals surface area contributed by atoms with Crippen LogP contribution in [0.4, 0.5) is 10.5 Å². The predicted octanol–water partition coefficient (Wildman–Crippen LogP) is 4.35. The molecule has 2 aromatic carbocycles. The minimum absolute atomic E-state index is 0.304. The van der Waals surface area contributed by atoms with Crippen molar-refractivity contribution < 1.29 is 28.5 Å². The van der Waals surface area contributed by atoms with Gasteiger partial charge < -0.3 is 18.9 Å². The molecule has 1 heterocycles. The lowest BCUT2D eigenvalue weighted by Gasteiger charge is -2.13. The molecule has 1 aliphatic heterocycles. The second-order valence-electron chi connectivity index (χ2n) is 5.90. The lowest BCUT2D eigenvalue weighted by atomic mass is 10.1. The average molecular weight is 415 g/mol. The first-order valence-corrected chi connectivity index (χ1v) is 9.64. The standard InChI is InChI=1S/C21H21NO6S/c1-5-28-15-8-6-14(7-9-15)22-20(23)18(29-21(22)24)12-13-10-16(25-2)19(27-4)17(11-13)26-3/h6-12H,5H2,1-4H3. The van der Waals surface area contributed by atoms with Crippen LogP contribution >= 0.6 is 11.8 Å². The Labute approximate surface area is 173 Å². The quantitative estimate of drug-likeness (QED) is 0.622. The molecule has 0 bridgehead atoms. The van der Waals surface area contributed by atoms with E-state index in [1.54, 1.807) is 42.5 Å². The number of thioether (sulfide) groups is 1. The van der Waals surface area contributed by atoms with Crippen LogP contribution in [0.15, 0.2) is 41.3 Å². The first-order valence-electron chi connectivity index (χ1n) is 8.83. The van der Waals surface area contributed by atoms with Crippen LogP contribution in [0.2, 0.25) is 0 Å². The van der Waals surface area contributed by atoms with Gasteiger partial charge in [-0.05, 0) is 66.7 Å². The van der Waals surface area contributed by atoms with Gasteiger partial charge in [-0.3, -0.25) is 9.59 Å². The first-order chi connectivity index (χ1) is 14.0. The number of nitrogens with zero attached hydrogens (tertiary/aromatic N) is 1. The molecule has 0 radical (unpaired) electrons. The Bertz CT molecular complexity index is 929. The van der Waals surface area contributed by atoms with Crippen LogP contribution in [0.5, 0.6) is 23.0 Å². The molecule has 2 aromatic rings. The zero-order valence-electron chi connectivity index (χ0n) is 16.6. The highest BCUT2D eigenvalue weighted by atomic mass is 32.2. The van der Waals surface area contributed by atoms with Crippen LogP contribution in [0, 0.1) is 0 Å². The number of ether oxygens (including phenoxy) is 4. The fourth-order valence-electron chi connectivity index (χ4n) is 2.88. The second kappa shape index (κ2) is 8.91. The van der Waals surface area contributed by atoms with Crippen molar-refractivity contribution in [3.05, 3.63) is 46.9 Å². The van der Waals surface area contributed by atoms with Gasteiger partial charge in [0.15, 0.2) is 11.5 Å². The van der Waals surface area contributed by atoms with E-state index >= 15 is 0 Å². The molecule has 0 saturated carbocycles. The zero-order valence-corrected chi connectivity index (χ0v) is 17.4. The number of hydrogen-bond acceptors (Lipinski definition) is 7. The van der Waals surface area contributed by atoms with Crippen molar-refractivity contribution in [2.24, 2.45) is 0 Å². The third-order valence-electron chi connectivity index (χ3n) is 4.18. The van der Waals surface area contributed by atoms with E-state index in [1.807, 2.05) is 6.92 Å². The van der Waals surface area contributed by atoms with E-state index in [0.717, 1.165) is 16.7 Å². The van der Waals surface area contributed by atoms with E-state index in [-0.39, 0.29) is 5.24 Å². The summed E-state index contributed by atoms with van der Waals surface area (Å²) in [5, 5.41) is -0.363. The third kappa shape index (κ3) is 4.17. The van der Waals surface area contributed by atoms with Gasteiger partial charge >= 0.3 is 0 Å². The number of carbonyl (C=O) groups excluding carboxylic acids is 2. The Balaban J connectivity index is 1.92. The number of benzene rings is 2. The van der Waals surface area contributed by atoms with Gasteiger partial charge in [0.05, 0.1) is 38.5 Å². The molecular formula is C21H21NO6S. The van der Waals surface area contributed by atoms with Crippen molar-refractivity contribution in [1.29, 1.82) is 0 Å². The number of hydrogen-bond donors (Lipinski definition) is 0. The summed E-state index contributed by atoms with van der Waals surface area (Å²) in [5.41, 5.74) is 1.14. The summed E-state index contributed by atoms with van der Waals surface area (Å²) in [4.78, 5) is 26.8. The van der Waals surface area contributed by atoms with Crippen molar-refractivity contribution >= 4 is 34.7 Å². The normalized spacial score (nSPS) is 15.0. The maximum Gasteiger partial charge on any atom is 0.298 e. The minimum atomic E-state index is -0.391. The van der Waals surface area contributed by atoms with Gasteiger partial charge in [0, 0.05) is 0 Å². The average Bonchev–Trinajstić information content (AvgIpc) is 3.01. The fourth-order valence-corrected chi connectivity index (χ4v) is 3.73. The fraction of sp³-hybridized carbons (Fsp3) is 0.238. The van der Waals surface area contributed by atoms with E-state index in [1.165, 1.54) is 21.3 Å². The zero-order chi connectivity index (χ0) is 21.0. The van der Waals surface area contributed by atoms with E-state index in [2.05, 4.69) is 0 Å². The summed E-state index contributed by atoms with van der Waals surface area (Å²) >= 11 is 0.877. The van der Waals surface area contributed by atoms with Crippen LogP contribution < -0.4 is 23.8 Å². The smallest absolute Gasteiger partial charge is 0.298 e. The number of methoxy groups -OCH3 is 3. The molecule has 0 aromatic heterocycles. The van der Waals surface area contributed by atoms with E-state index in [4.69, 9.17) is 18.9 Å². The summed E-state index contributed by atoms with van der Waals surface area (Å²) < 4.78 is 21.4. The third-order valence-corrected chi connectivity index (χ3v) is 5.05. The topological polar surface area (TPSA) is 74.3 Å². The van der Waals surface area contributed by atoms with Gasteiger partial charge in [-0.25, -0.2) is 4.90 Å². The molecule has 1 aliphatic rings. The molecule has 1 saturated heterocycles. The lowest BCUT2D eigenvalue weighted by molar-refractivity contribution is -0.113. The number of amides is 2. The Hall–Kier alpha value is -3.13. The predicted molar refractivity (Wildman–Crippen MR) is 112 cm³/mol. The molecule has 152 valence electrons. The van der Waals surface area contributed by atoms with Gasteiger partial charge in [0.25, 0.3) is 11.1 Å². The molecule has 0 atom stereocenters. The molecule has 0 spiro atoms. The van der Waals surface area contributed by atoms with E-state index < -0.39 is 5.91 Å². The molecule has 8 heteroatoms. The lowest BCUT2D eigenvalue weighted by Crippen LogP contribution is -2.27. The van der Waals surface area contributed by atoms with Crippen LogP contribution in [0.25, 0.3) is 6.08 Å². The first kappa shape index (κ1) is 20.6. The summed E-state index contributed by atoms with van der Waals surface area (Å²) in [6.45, 7) is 2.43. The highest BCUT2D eigenvalue weighted by molar-refractivity contribution is 8.19. The van der Waals surface area contributed by atoms with E-state index in [9.17, 15) is 9.59 Å². The number of rotatable bonds is 7. The molecule has 3 rings (SSSR count). The SMILES string of the molecule is CCOc1ccc(N2C(=O)SC(=Cc3cc(OC)c(OC)c(OC)c3)C2=O)cc1. The van der Waals surface area contributed by atoms with Crippen LogP contribution in [0.3, 0.4) is 0 Å². The van der Waals surface area contributed by atoms with Crippen molar-refractivity contribution in [2.45, 2.75) is 6.92 Å². The highest BCUT2D eigenvalue weighted by Gasteiger charge is 2.36. The second-order valence-corrected chi connectivity index (χ2v) is 6.90. The van der Waals surface area contributed by atoms with Crippen LogP contribution in [-0.2, 0) is 4.79 Å². The largest absolute Gasteiger partial charge is 0.494 e. The highest BCUT2D eigenvalue weighted by Crippen LogP contribution is 2.41. The Morgan fingerprint density at radius 3 is 2.10 bits per heavy atom. The van der Waals surface area contributed by atoms with Crippen LogP contribution in [-0.4, -0.2) is 39.1 Å². The Morgan fingerprint density at radius 1 is 0.966 bits per heavy atom. The van der Waals surface area contributed by atoms with Crippen molar-refractivity contribution in [3.8, 4) is 23.0 Å². The van der Waals surface area contributed by atoms with Crippen molar-refractivity contribution in [1.82, 2.24) is 0 Å².